The molecule has 2 aromatic carbocycles. The van der Waals surface area contributed by atoms with Gasteiger partial charge >= 0.3 is 0 Å². The molecule has 1 aliphatic heterocycles. The molecule has 3 rings (SSSR count). The first kappa shape index (κ1) is 15.2. The maximum absolute atomic E-state index is 12.3. The topological polar surface area (TPSA) is 50.8 Å². The number of amides is 1. The average Bonchev–Trinajstić information content (AvgIpc) is 2.60. The SMILES string of the molecule is COc1ccccc1CNC(=O)CN1CCOc2ccccc21. The normalized spacial score (nSPS) is 13.0. The van der Waals surface area contributed by atoms with Crippen LogP contribution < -0.4 is 19.7 Å². The third-order valence-electron chi connectivity index (χ3n) is 3.83. The molecule has 0 bridgehead atoms. The molecule has 5 heteroatoms. The molecule has 0 aliphatic carbocycles. The Morgan fingerprint density at radius 1 is 1.22 bits per heavy atom. The summed E-state index contributed by atoms with van der Waals surface area (Å²) in [6.45, 7) is 2.07. The third-order valence-corrected chi connectivity index (χ3v) is 3.83. The highest BCUT2D eigenvalue weighted by atomic mass is 16.5. The van der Waals surface area contributed by atoms with Gasteiger partial charge in [-0.1, -0.05) is 30.3 Å². The van der Waals surface area contributed by atoms with E-state index in [1.807, 2.05) is 53.4 Å². The molecule has 0 spiro atoms. The summed E-state index contributed by atoms with van der Waals surface area (Å²) in [6, 6.07) is 15.5. The van der Waals surface area contributed by atoms with Crippen molar-refractivity contribution >= 4 is 11.6 Å². The molecule has 0 atom stereocenters. The minimum absolute atomic E-state index is 0.0207. The van der Waals surface area contributed by atoms with Crippen LogP contribution in [-0.2, 0) is 11.3 Å². The minimum Gasteiger partial charge on any atom is -0.496 e. The van der Waals surface area contributed by atoms with Crippen LogP contribution in [0.5, 0.6) is 11.5 Å². The van der Waals surface area contributed by atoms with Gasteiger partial charge in [-0.15, -0.1) is 0 Å². The van der Waals surface area contributed by atoms with Gasteiger partial charge in [0.05, 0.1) is 25.9 Å². The summed E-state index contributed by atoms with van der Waals surface area (Å²) in [5, 5.41) is 2.95. The maximum Gasteiger partial charge on any atom is 0.239 e. The van der Waals surface area contributed by atoms with Crippen LogP contribution in [0, 0.1) is 0 Å². The molecule has 1 N–H and O–H groups in total. The number of nitrogens with one attached hydrogen (secondary N) is 1. The zero-order valence-electron chi connectivity index (χ0n) is 13.1. The number of carbonyl (C=O) groups is 1. The molecule has 0 radical (unpaired) electrons. The Labute approximate surface area is 135 Å². The number of hydrogen-bond acceptors (Lipinski definition) is 4. The lowest BCUT2D eigenvalue weighted by molar-refractivity contribution is -0.120. The van der Waals surface area contributed by atoms with Gasteiger partial charge in [-0.2, -0.15) is 0 Å². The number of nitrogens with zero attached hydrogens (tertiary/aromatic N) is 1. The summed E-state index contributed by atoms with van der Waals surface area (Å²) in [6.07, 6.45) is 0. The number of hydrogen-bond donors (Lipinski definition) is 1. The molecule has 1 heterocycles. The molecular weight excluding hydrogens is 292 g/mol. The summed E-state index contributed by atoms with van der Waals surface area (Å²) in [4.78, 5) is 14.3. The van der Waals surface area contributed by atoms with Gasteiger partial charge in [0.15, 0.2) is 0 Å². The van der Waals surface area contributed by atoms with Crippen LogP contribution in [0.1, 0.15) is 5.56 Å². The van der Waals surface area contributed by atoms with E-state index >= 15 is 0 Å². The number of fused-ring (bicyclic) bond motifs is 1. The van der Waals surface area contributed by atoms with Gasteiger partial charge in [-0.3, -0.25) is 4.79 Å². The Kier molecular flexibility index (Phi) is 4.66. The van der Waals surface area contributed by atoms with Crippen molar-refractivity contribution in [2.45, 2.75) is 6.54 Å². The quantitative estimate of drug-likeness (QED) is 0.920. The smallest absolute Gasteiger partial charge is 0.239 e. The molecule has 0 saturated carbocycles. The lowest BCUT2D eigenvalue weighted by Gasteiger charge is -2.30. The highest BCUT2D eigenvalue weighted by Gasteiger charge is 2.19. The highest BCUT2D eigenvalue weighted by Crippen LogP contribution is 2.30. The van der Waals surface area contributed by atoms with Crippen LogP contribution in [0.25, 0.3) is 0 Å². The van der Waals surface area contributed by atoms with Gasteiger partial charge in [0.1, 0.15) is 18.1 Å². The van der Waals surface area contributed by atoms with Gasteiger partial charge in [-0.05, 0) is 18.2 Å². The van der Waals surface area contributed by atoms with Crippen molar-refractivity contribution in [1.29, 1.82) is 0 Å². The maximum atomic E-state index is 12.3. The van der Waals surface area contributed by atoms with Gasteiger partial charge in [-0.25, -0.2) is 0 Å². The largest absolute Gasteiger partial charge is 0.496 e. The zero-order valence-corrected chi connectivity index (χ0v) is 13.1. The van der Waals surface area contributed by atoms with E-state index in [-0.39, 0.29) is 5.91 Å². The Bertz CT molecular complexity index is 687. The fourth-order valence-corrected chi connectivity index (χ4v) is 2.66. The van der Waals surface area contributed by atoms with Crippen molar-refractivity contribution in [2.24, 2.45) is 0 Å². The van der Waals surface area contributed by atoms with E-state index in [9.17, 15) is 4.79 Å². The highest BCUT2D eigenvalue weighted by molar-refractivity contribution is 5.82. The predicted molar refractivity (Wildman–Crippen MR) is 89.0 cm³/mol. The fourth-order valence-electron chi connectivity index (χ4n) is 2.66. The summed E-state index contributed by atoms with van der Waals surface area (Å²) in [5.74, 6) is 1.59. The van der Waals surface area contributed by atoms with Gasteiger partial charge in [0, 0.05) is 12.1 Å². The first-order valence-electron chi connectivity index (χ1n) is 7.63. The van der Waals surface area contributed by atoms with Crippen molar-refractivity contribution in [3.8, 4) is 11.5 Å². The van der Waals surface area contributed by atoms with Crippen molar-refractivity contribution in [2.75, 3.05) is 31.7 Å². The predicted octanol–water partition coefficient (Wildman–Crippen LogP) is 2.21. The van der Waals surface area contributed by atoms with Crippen molar-refractivity contribution < 1.29 is 14.3 Å². The summed E-state index contributed by atoms with van der Waals surface area (Å²) in [5.41, 5.74) is 1.93. The number of carbonyl (C=O) groups excluding carboxylic acids is 1. The van der Waals surface area contributed by atoms with E-state index in [1.54, 1.807) is 7.11 Å². The number of anilines is 1. The van der Waals surface area contributed by atoms with Crippen LogP contribution in [0.3, 0.4) is 0 Å². The lowest BCUT2D eigenvalue weighted by atomic mass is 10.2. The molecule has 0 fully saturated rings. The second kappa shape index (κ2) is 7.05. The van der Waals surface area contributed by atoms with E-state index < -0.39 is 0 Å². The van der Waals surface area contributed by atoms with E-state index in [2.05, 4.69) is 5.32 Å². The first-order chi connectivity index (χ1) is 11.3. The first-order valence-corrected chi connectivity index (χ1v) is 7.63. The summed E-state index contributed by atoms with van der Waals surface area (Å²) >= 11 is 0. The van der Waals surface area contributed by atoms with E-state index in [0.717, 1.165) is 22.7 Å². The van der Waals surface area contributed by atoms with Crippen LogP contribution in [0.2, 0.25) is 0 Å². The lowest BCUT2D eigenvalue weighted by Crippen LogP contribution is -2.41. The molecule has 23 heavy (non-hydrogen) atoms. The van der Waals surface area contributed by atoms with Crippen LogP contribution in [0.15, 0.2) is 48.5 Å². The molecule has 120 valence electrons. The van der Waals surface area contributed by atoms with Crippen LogP contribution in [-0.4, -0.2) is 32.7 Å². The Balaban J connectivity index is 1.60. The molecule has 1 aliphatic rings. The summed E-state index contributed by atoms with van der Waals surface area (Å²) in [7, 11) is 1.63. The fraction of sp³-hybridized carbons (Fsp3) is 0.278. The second-order valence-electron chi connectivity index (χ2n) is 5.33. The number of rotatable bonds is 5. The van der Waals surface area contributed by atoms with E-state index in [4.69, 9.17) is 9.47 Å². The number of benzene rings is 2. The number of ether oxygens (including phenoxy) is 2. The molecule has 0 saturated heterocycles. The molecule has 5 nitrogen and oxygen atoms in total. The van der Waals surface area contributed by atoms with Gasteiger partial charge in [0.2, 0.25) is 5.91 Å². The number of para-hydroxylation sites is 3. The van der Waals surface area contributed by atoms with Gasteiger partial charge in [0.25, 0.3) is 0 Å². The van der Waals surface area contributed by atoms with E-state index in [0.29, 0.717) is 26.2 Å². The van der Waals surface area contributed by atoms with E-state index in [1.165, 1.54) is 0 Å². The second-order valence-corrected chi connectivity index (χ2v) is 5.33. The van der Waals surface area contributed by atoms with Crippen molar-refractivity contribution in [3.05, 3.63) is 54.1 Å². The average molecular weight is 312 g/mol. The van der Waals surface area contributed by atoms with Crippen molar-refractivity contribution in [1.82, 2.24) is 5.32 Å². The molecule has 1 amide bonds. The zero-order chi connectivity index (χ0) is 16.1. The molecule has 2 aromatic rings. The Hall–Kier alpha value is -2.69. The number of methoxy groups -OCH3 is 1. The molecular formula is C18H20N2O3. The standard InChI is InChI=1S/C18H20N2O3/c1-22-16-8-4-2-6-14(16)12-19-18(21)13-20-10-11-23-17-9-5-3-7-15(17)20/h2-9H,10-13H2,1H3,(H,19,21). The molecule has 0 unspecified atom stereocenters. The van der Waals surface area contributed by atoms with Crippen molar-refractivity contribution in [3.63, 3.8) is 0 Å². The minimum atomic E-state index is -0.0207. The van der Waals surface area contributed by atoms with Crippen LogP contribution in [0.4, 0.5) is 5.69 Å². The third kappa shape index (κ3) is 3.56. The Morgan fingerprint density at radius 3 is 2.87 bits per heavy atom. The summed E-state index contributed by atoms with van der Waals surface area (Å²) < 4.78 is 10.9. The van der Waals surface area contributed by atoms with Gasteiger partial charge < -0.3 is 19.7 Å². The molecule has 0 aromatic heterocycles. The Morgan fingerprint density at radius 2 is 2.00 bits per heavy atom. The van der Waals surface area contributed by atoms with Crippen LogP contribution >= 0.6 is 0 Å². The monoisotopic (exact) mass is 312 g/mol.